The second kappa shape index (κ2) is 2.85. The van der Waals surface area contributed by atoms with Crippen LogP contribution in [0.1, 0.15) is 43.1 Å². The van der Waals surface area contributed by atoms with Gasteiger partial charge in [0.2, 0.25) is 0 Å². The van der Waals surface area contributed by atoms with Gasteiger partial charge in [-0.1, -0.05) is 13.8 Å². The molecule has 0 unspecified atom stereocenters. The van der Waals surface area contributed by atoms with Crippen LogP contribution in [-0.2, 0) is 12.8 Å². The number of rotatable bonds is 2. The molecule has 0 saturated heterocycles. The van der Waals surface area contributed by atoms with Gasteiger partial charge < -0.3 is 5.73 Å². The lowest BCUT2D eigenvalue weighted by atomic mass is 10.0. The molecule has 0 spiro atoms. The van der Waals surface area contributed by atoms with E-state index in [0.717, 1.165) is 6.54 Å². The molecule has 82 valence electrons. The fourth-order valence-electron chi connectivity index (χ4n) is 3.33. The highest BCUT2D eigenvalue weighted by atomic mass is 15.1. The molecular formula is C12H19N3. The van der Waals surface area contributed by atoms with Gasteiger partial charge in [-0.3, -0.25) is 5.10 Å². The van der Waals surface area contributed by atoms with E-state index in [1.807, 2.05) is 0 Å². The van der Waals surface area contributed by atoms with Gasteiger partial charge in [0.15, 0.2) is 0 Å². The Morgan fingerprint density at radius 3 is 2.93 bits per heavy atom. The van der Waals surface area contributed by atoms with Crippen LogP contribution in [0.4, 0.5) is 0 Å². The number of hydrogen-bond donors (Lipinski definition) is 2. The van der Waals surface area contributed by atoms with Crippen molar-refractivity contribution in [2.75, 3.05) is 6.54 Å². The molecule has 0 amide bonds. The summed E-state index contributed by atoms with van der Waals surface area (Å²) in [5.74, 6) is 1.23. The van der Waals surface area contributed by atoms with Gasteiger partial charge in [0, 0.05) is 11.6 Å². The summed E-state index contributed by atoms with van der Waals surface area (Å²) in [6.45, 7) is 5.41. The molecule has 3 heteroatoms. The Balaban J connectivity index is 1.95. The largest absolute Gasteiger partial charge is 0.330 e. The Labute approximate surface area is 90.4 Å². The molecule has 1 saturated carbocycles. The normalized spacial score (nSPS) is 31.7. The minimum Gasteiger partial charge on any atom is -0.330 e. The summed E-state index contributed by atoms with van der Waals surface area (Å²) >= 11 is 0. The van der Waals surface area contributed by atoms with Crippen LogP contribution in [0.3, 0.4) is 0 Å². The number of nitrogens with zero attached hydrogens (tertiary/aromatic N) is 1. The zero-order chi connectivity index (χ0) is 10.6. The number of nitrogens with one attached hydrogen (secondary N) is 1. The monoisotopic (exact) mass is 205 g/mol. The van der Waals surface area contributed by atoms with Crippen molar-refractivity contribution in [3.63, 3.8) is 0 Å². The first-order valence-corrected chi connectivity index (χ1v) is 5.92. The zero-order valence-corrected chi connectivity index (χ0v) is 9.51. The third kappa shape index (κ3) is 1.13. The van der Waals surface area contributed by atoms with Crippen LogP contribution in [-0.4, -0.2) is 16.7 Å². The van der Waals surface area contributed by atoms with E-state index in [2.05, 4.69) is 24.0 Å². The second-order valence-corrected chi connectivity index (χ2v) is 5.56. The maximum atomic E-state index is 5.81. The number of fused-ring (bicyclic) bond motifs is 1. The number of aryl methyl sites for hydroxylation is 1. The van der Waals surface area contributed by atoms with Crippen LogP contribution in [0.25, 0.3) is 0 Å². The SMILES string of the molecule is CC1(C)[C@@H](CN)[C@@H]1c1n[nH]c2c1CCC2. The summed E-state index contributed by atoms with van der Waals surface area (Å²) in [5.41, 5.74) is 10.4. The van der Waals surface area contributed by atoms with Gasteiger partial charge in [0.1, 0.15) is 0 Å². The van der Waals surface area contributed by atoms with Crippen molar-refractivity contribution in [3.05, 3.63) is 17.0 Å². The van der Waals surface area contributed by atoms with Crippen LogP contribution in [0.15, 0.2) is 0 Å². The molecular weight excluding hydrogens is 186 g/mol. The molecule has 2 atom stereocenters. The van der Waals surface area contributed by atoms with Crippen molar-refractivity contribution >= 4 is 0 Å². The number of nitrogens with two attached hydrogens (primary N) is 1. The minimum absolute atomic E-state index is 0.361. The van der Waals surface area contributed by atoms with Crippen LogP contribution >= 0.6 is 0 Å². The van der Waals surface area contributed by atoms with E-state index in [1.54, 1.807) is 0 Å². The lowest BCUT2D eigenvalue weighted by Crippen LogP contribution is -2.05. The molecule has 3 nitrogen and oxygen atoms in total. The summed E-state index contributed by atoms with van der Waals surface area (Å²) < 4.78 is 0. The number of H-pyrrole nitrogens is 1. The molecule has 0 bridgehead atoms. The van der Waals surface area contributed by atoms with Crippen molar-refractivity contribution in [3.8, 4) is 0 Å². The van der Waals surface area contributed by atoms with Crippen LogP contribution < -0.4 is 5.73 Å². The van der Waals surface area contributed by atoms with Gasteiger partial charge >= 0.3 is 0 Å². The van der Waals surface area contributed by atoms with Crippen molar-refractivity contribution in [1.29, 1.82) is 0 Å². The van der Waals surface area contributed by atoms with Crippen molar-refractivity contribution in [2.45, 2.75) is 39.0 Å². The average molecular weight is 205 g/mol. The van der Waals surface area contributed by atoms with E-state index in [9.17, 15) is 0 Å². The molecule has 0 aliphatic heterocycles. The second-order valence-electron chi connectivity index (χ2n) is 5.56. The zero-order valence-electron chi connectivity index (χ0n) is 9.51. The van der Waals surface area contributed by atoms with E-state index in [-0.39, 0.29) is 0 Å². The molecule has 1 aromatic rings. The maximum absolute atomic E-state index is 5.81. The summed E-state index contributed by atoms with van der Waals surface area (Å²) in [6, 6.07) is 0. The molecule has 15 heavy (non-hydrogen) atoms. The highest BCUT2D eigenvalue weighted by Gasteiger charge is 2.59. The molecule has 2 aliphatic carbocycles. The average Bonchev–Trinajstić information content (AvgIpc) is 2.61. The molecule has 1 fully saturated rings. The summed E-state index contributed by atoms with van der Waals surface area (Å²) in [7, 11) is 0. The smallest absolute Gasteiger partial charge is 0.0696 e. The predicted molar refractivity (Wildman–Crippen MR) is 59.7 cm³/mol. The highest BCUT2D eigenvalue weighted by Crippen LogP contribution is 2.64. The summed E-state index contributed by atoms with van der Waals surface area (Å²) in [6.07, 6.45) is 3.69. The van der Waals surface area contributed by atoms with Crippen molar-refractivity contribution in [1.82, 2.24) is 10.2 Å². The van der Waals surface area contributed by atoms with Gasteiger partial charge in [-0.05, 0) is 42.7 Å². The van der Waals surface area contributed by atoms with Gasteiger partial charge in [-0.15, -0.1) is 0 Å². The predicted octanol–water partition coefficient (Wildman–Crippen LogP) is 1.60. The highest BCUT2D eigenvalue weighted by molar-refractivity contribution is 5.38. The first-order chi connectivity index (χ1) is 7.16. The molecule has 0 radical (unpaired) electrons. The first kappa shape index (κ1) is 9.40. The van der Waals surface area contributed by atoms with E-state index in [0.29, 0.717) is 17.3 Å². The molecule has 1 aromatic heterocycles. The van der Waals surface area contributed by atoms with Crippen LogP contribution in [0.5, 0.6) is 0 Å². The van der Waals surface area contributed by atoms with Crippen LogP contribution in [0, 0.1) is 11.3 Å². The Kier molecular flexibility index (Phi) is 1.78. The third-order valence-electron chi connectivity index (χ3n) is 4.44. The van der Waals surface area contributed by atoms with Gasteiger partial charge in [0.25, 0.3) is 0 Å². The van der Waals surface area contributed by atoms with Crippen molar-refractivity contribution < 1.29 is 0 Å². The molecule has 0 aromatic carbocycles. The van der Waals surface area contributed by atoms with E-state index < -0.39 is 0 Å². The Bertz CT molecular complexity index is 392. The lowest BCUT2D eigenvalue weighted by molar-refractivity contribution is 0.556. The fourth-order valence-corrected chi connectivity index (χ4v) is 3.33. The standard InChI is InChI=1S/C12H19N3/c1-12(2)8(6-13)10(12)11-7-4-3-5-9(7)14-15-11/h8,10H,3-6,13H2,1-2H3,(H,14,15)/t8-,10+/m0/s1. The number of aromatic amines is 1. The van der Waals surface area contributed by atoms with Gasteiger partial charge in [-0.25, -0.2) is 0 Å². The molecule has 2 aliphatic rings. The van der Waals surface area contributed by atoms with E-state index in [4.69, 9.17) is 5.73 Å². The van der Waals surface area contributed by atoms with Gasteiger partial charge in [0.05, 0.1) is 5.69 Å². The third-order valence-corrected chi connectivity index (χ3v) is 4.44. The van der Waals surface area contributed by atoms with E-state index >= 15 is 0 Å². The van der Waals surface area contributed by atoms with Gasteiger partial charge in [-0.2, -0.15) is 5.10 Å². The number of aromatic nitrogens is 2. The summed E-state index contributed by atoms with van der Waals surface area (Å²) in [4.78, 5) is 0. The lowest BCUT2D eigenvalue weighted by Gasteiger charge is -2.01. The topological polar surface area (TPSA) is 54.7 Å². The first-order valence-electron chi connectivity index (χ1n) is 5.92. The molecule has 3 N–H and O–H groups in total. The Morgan fingerprint density at radius 2 is 2.27 bits per heavy atom. The van der Waals surface area contributed by atoms with Crippen LogP contribution in [0.2, 0.25) is 0 Å². The Morgan fingerprint density at radius 1 is 1.47 bits per heavy atom. The Hall–Kier alpha value is -0.830. The molecule has 1 heterocycles. The minimum atomic E-state index is 0.361. The molecule has 3 rings (SSSR count). The summed E-state index contributed by atoms with van der Waals surface area (Å²) in [5, 5.41) is 7.71. The van der Waals surface area contributed by atoms with Crippen molar-refractivity contribution in [2.24, 2.45) is 17.1 Å². The maximum Gasteiger partial charge on any atom is 0.0696 e. The quantitative estimate of drug-likeness (QED) is 0.770. The van der Waals surface area contributed by atoms with E-state index in [1.165, 1.54) is 36.2 Å². The fraction of sp³-hybridized carbons (Fsp3) is 0.750. The number of hydrogen-bond acceptors (Lipinski definition) is 2.